The normalized spacial score (nSPS) is 25.6. The zero-order valence-electron chi connectivity index (χ0n) is 18.0. The number of rotatable bonds is 7. The summed E-state index contributed by atoms with van der Waals surface area (Å²) >= 11 is 1.88. The first-order valence-corrected chi connectivity index (χ1v) is 12.1. The van der Waals surface area contributed by atoms with Crippen molar-refractivity contribution in [1.29, 1.82) is 0 Å². The van der Waals surface area contributed by atoms with Crippen molar-refractivity contribution in [3.05, 3.63) is 22.4 Å². The molecule has 1 aromatic rings. The van der Waals surface area contributed by atoms with Crippen LogP contribution >= 0.6 is 35.3 Å². The lowest BCUT2D eigenvalue weighted by molar-refractivity contribution is 0.140. The molecule has 0 bridgehead atoms. The van der Waals surface area contributed by atoms with Crippen LogP contribution in [0.5, 0.6) is 0 Å². The summed E-state index contributed by atoms with van der Waals surface area (Å²) in [6.07, 6.45) is 6.79. The van der Waals surface area contributed by atoms with Crippen molar-refractivity contribution in [2.24, 2.45) is 16.8 Å². The molecule has 0 amide bonds. The molecule has 1 aromatic heterocycles. The van der Waals surface area contributed by atoms with Crippen LogP contribution in [0.2, 0.25) is 0 Å². The highest BCUT2D eigenvalue weighted by atomic mass is 127. The van der Waals surface area contributed by atoms with Gasteiger partial charge in [-0.1, -0.05) is 13.0 Å². The van der Waals surface area contributed by atoms with E-state index in [9.17, 15) is 0 Å². The number of nitrogens with one attached hydrogen (secondary N) is 2. The van der Waals surface area contributed by atoms with E-state index in [4.69, 9.17) is 0 Å². The minimum Gasteiger partial charge on any atom is -0.356 e. The number of piperidine rings is 1. The summed E-state index contributed by atoms with van der Waals surface area (Å²) in [5.41, 5.74) is 0. The highest BCUT2D eigenvalue weighted by molar-refractivity contribution is 14.0. The molecule has 1 aliphatic carbocycles. The lowest BCUT2D eigenvalue weighted by Crippen LogP contribution is -2.46. The second-order valence-corrected chi connectivity index (χ2v) is 9.94. The Kier molecular flexibility index (Phi) is 9.07. The third-order valence-corrected chi connectivity index (χ3v) is 7.73. The first-order chi connectivity index (χ1) is 13.7. The van der Waals surface area contributed by atoms with Gasteiger partial charge in [0, 0.05) is 37.6 Å². The molecular weight excluding hydrogens is 493 g/mol. The molecule has 7 heteroatoms. The van der Waals surface area contributed by atoms with Crippen LogP contribution in [0.1, 0.15) is 49.9 Å². The predicted octanol–water partition coefficient (Wildman–Crippen LogP) is 3.79. The topological polar surface area (TPSA) is 42.9 Å². The fraction of sp³-hybridized carbons (Fsp3) is 0.773. The SMILES string of the molecule is CN=C(NCC1CCN(C2CC2)C1)NCC(c1cccs1)N1CCC(C)CC1.I. The Morgan fingerprint density at radius 2 is 1.97 bits per heavy atom. The van der Waals surface area contributed by atoms with E-state index in [0.717, 1.165) is 36.9 Å². The Morgan fingerprint density at radius 3 is 2.62 bits per heavy atom. The lowest BCUT2D eigenvalue weighted by atomic mass is 9.97. The van der Waals surface area contributed by atoms with Crippen LogP contribution in [-0.4, -0.2) is 68.1 Å². The molecule has 164 valence electrons. The van der Waals surface area contributed by atoms with Gasteiger partial charge in [0.05, 0.1) is 6.04 Å². The summed E-state index contributed by atoms with van der Waals surface area (Å²) in [7, 11) is 1.89. The quantitative estimate of drug-likeness (QED) is 0.319. The summed E-state index contributed by atoms with van der Waals surface area (Å²) in [5.74, 6) is 2.58. The Morgan fingerprint density at radius 1 is 1.17 bits per heavy atom. The summed E-state index contributed by atoms with van der Waals surface area (Å²) in [4.78, 5) is 11.3. The Hall–Kier alpha value is -0.380. The van der Waals surface area contributed by atoms with Gasteiger partial charge < -0.3 is 15.5 Å². The highest BCUT2D eigenvalue weighted by Gasteiger charge is 2.34. The van der Waals surface area contributed by atoms with E-state index < -0.39 is 0 Å². The second-order valence-electron chi connectivity index (χ2n) is 8.96. The van der Waals surface area contributed by atoms with Crippen LogP contribution in [-0.2, 0) is 0 Å². The van der Waals surface area contributed by atoms with Crippen molar-refractivity contribution in [2.75, 3.05) is 46.3 Å². The fourth-order valence-corrected chi connectivity index (χ4v) is 5.55. The number of thiophene rings is 1. The Balaban J connectivity index is 0.00000240. The molecule has 4 rings (SSSR count). The minimum absolute atomic E-state index is 0. The zero-order chi connectivity index (χ0) is 19.3. The van der Waals surface area contributed by atoms with Crippen molar-refractivity contribution in [2.45, 2.75) is 51.1 Å². The zero-order valence-corrected chi connectivity index (χ0v) is 21.1. The van der Waals surface area contributed by atoms with E-state index in [0.29, 0.717) is 6.04 Å². The number of halogens is 1. The van der Waals surface area contributed by atoms with E-state index in [1.165, 1.54) is 63.2 Å². The number of hydrogen-bond donors (Lipinski definition) is 2. The molecular formula is C22H38IN5S. The first-order valence-electron chi connectivity index (χ1n) is 11.2. The van der Waals surface area contributed by atoms with Gasteiger partial charge >= 0.3 is 0 Å². The van der Waals surface area contributed by atoms with Gasteiger partial charge in [-0.15, -0.1) is 35.3 Å². The second kappa shape index (κ2) is 11.3. The van der Waals surface area contributed by atoms with Gasteiger partial charge in [-0.25, -0.2) is 0 Å². The molecule has 1 saturated carbocycles. The highest BCUT2D eigenvalue weighted by Crippen LogP contribution is 2.31. The van der Waals surface area contributed by atoms with Gasteiger partial charge in [0.2, 0.25) is 0 Å². The Labute approximate surface area is 197 Å². The predicted molar refractivity (Wildman–Crippen MR) is 135 cm³/mol. The summed E-state index contributed by atoms with van der Waals surface area (Å²) in [6.45, 7) is 9.30. The average Bonchev–Trinajstić information content (AvgIpc) is 3.22. The summed E-state index contributed by atoms with van der Waals surface area (Å²) in [5, 5.41) is 9.43. The summed E-state index contributed by atoms with van der Waals surface area (Å²) < 4.78 is 0. The van der Waals surface area contributed by atoms with Crippen LogP contribution in [0.25, 0.3) is 0 Å². The van der Waals surface area contributed by atoms with Gasteiger partial charge in [0.25, 0.3) is 0 Å². The molecule has 3 heterocycles. The number of hydrogen-bond acceptors (Lipinski definition) is 4. The Bertz CT molecular complexity index is 625. The largest absolute Gasteiger partial charge is 0.356 e. The molecule has 3 fully saturated rings. The van der Waals surface area contributed by atoms with Gasteiger partial charge in [-0.2, -0.15) is 0 Å². The van der Waals surface area contributed by atoms with Crippen molar-refractivity contribution in [1.82, 2.24) is 20.4 Å². The number of aliphatic imine (C=N–C) groups is 1. The smallest absolute Gasteiger partial charge is 0.191 e. The molecule has 3 aliphatic rings. The van der Waals surface area contributed by atoms with E-state index in [1.807, 2.05) is 18.4 Å². The van der Waals surface area contributed by atoms with E-state index in [2.05, 4.69) is 49.9 Å². The van der Waals surface area contributed by atoms with E-state index in [-0.39, 0.29) is 24.0 Å². The lowest BCUT2D eigenvalue weighted by Gasteiger charge is -2.36. The third-order valence-electron chi connectivity index (χ3n) is 6.76. The average molecular weight is 532 g/mol. The molecule has 29 heavy (non-hydrogen) atoms. The number of likely N-dealkylation sites (tertiary alicyclic amines) is 2. The standard InChI is InChI=1S/C22H37N5S.HI/c1-17-7-10-26(11-8-17)20(21-4-3-13-28-21)15-25-22(23-2)24-14-18-9-12-27(16-18)19-5-6-19;/h3-4,13,17-20H,5-12,14-16H2,1-2H3,(H2,23,24,25);1H. The van der Waals surface area contributed by atoms with Gasteiger partial charge in [0.1, 0.15) is 0 Å². The van der Waals surface area contributed by atoms with Crippen molar-refractivity contribution in [3.63, 3.8) is 0 Å². The van der Waals surface area contributed by atoms with Crippen molar-refractivity contribution in [3.8, 4) is 0 Å². The van der Waals surface area contributed by atoms with Crippen LogP contribution in [0.3, 0.4) is 0 Å². The third kappa shape index (κ3) is 6.55. The van der Waals surface area contributed by atoms with Gasteiger partial charge in [-0.05, 0) is 75.0 Å². The number of nitrogens with zero attached hydrogens (tertiary/aromatic N) is 3. The van der Waals surface area contributed by atoms with E-state index in [1.54, 1.807) is 0 Å². The molecule has 5 nitrogen and oxygen atoms in total. The monoisotopic (exact) mass is 531 g/mol. The molecule has 2 atom stereocenters. The minimum atomic E-state index is 0. The summed E-state index contributed by atoms with van der Waals surface area (Å²) in [6, 6.07) is 5.82. The van der Waals surface area contributed by atoms with Crippen LogP contribution in [0.4, 0.5) is 0 Å². The molecule has 0 radical (unpaired) electrons. The van der Waals surface area contributed by atoms with Crippen LogP contribution in [0, 0.1) is 11.8 Å². The number of guanidine groups is 1. The maximum absolute atomic E-state index is 4.49. The van der Waals surface area contributed by atoms with Crippen LogP contribution in [0.15, 0.2) is 22.5 Å². The molecule has 2 unspecified atom stereocenters. The van der Waals surface area contributed by atoms with Crippen molar-refractivity contribution >= 4 is 41.3 Å². The fourth-order valence-electron chi connectivity index (χ4n) is 4.69. The maximum Gasteiger partial charge on any atom is 0.191 e. The first kappa shape index (κ1) is 23.3. The molecule has 0 aromatic carbocycles. The van der Waals surface area contributed by atoms with Gasteiger partial charge in [0.15, 0.2) is 5.96 Å². The molecule has 2 N–H and O–H groups in total. The maximum atomic E-state index is 4.49. The van der Waals surface area contributed by atoms with Gasteiger partial charge in [-0.3, -0.25) is 9.89 Å². The molecule has 0 spiro atoms. The molecule has 2 aliphatic heterocycles. The van der Waals surface area contributed by atoms with Crippen molar-refractivity contribution < 1.29 is 0 Å². The molecule has 2 saturated heterocycles. The van der Waals surface area contributed by atoms with Crippen LogP contribution < -0.4 is 10.6 Å². The van der Waals surface area contributed by atoms with E-state index >= 15 is 0 Å².